The van der Waals surface area contributed by atoms with Crippen LogP contribution in [0.2, 0.25) is 0 Å². The third-order valence-corrected chi connectivity index (χ3v) is 3.83. The van der Waals surface area contributed by atoms with Crippen molar-refractivity contribution in [3.8, 4) is 0 Å². The molecule has 1 aromatic rings. The molecule has 1 saturated heterocycles. The molecule has 15 heavy (non-hydrogen) atoms. The maximum atomic E-state index is 4.49. The molecule has 2 heterocycles. The van der Waals surface area contributed by atoms with Crippen LogP contribution in [-0.2, 0) is 0 Å². The summed E-state index contributed by atoms with van der Waals surface area (Å²) in [6, 6.07) is 2.85. The highest BCUT2D eigenvalue weighted by Crippen LogP contribution is 2.33. The van der Waals surface area contributed by atoms with E-state index in [2.05, 4.69) is 21.2 Å². The lowest BCUT2D eigenvalue weighted by Gasteiger charge is -2.31. The summed E-state index contributed by atoms with van der Waals surface area (Å²) in [6.07, 6.45) is 8.94. The summed E-state index contributed by atoms with van der Waals surface area (Å²) in [5.41, 5.74) is 1.49. The molecule has 0 bridgehead atoms. The molecule has 2 fully saturated rings. The van der Waals surface area contributed by atoms with E-state index in [4.69, 9.17) is 0 Å². The van der Waals surface area contributed by atoms with Crippen LogP contribution in [0.4, 0.5) is 0 Å². The molecule has 3 heteroatoms. The van der Waals surface area contributed by atoms with Crippen LogP contribution in [0.5, 0.6) is 0 Å². The summed E-state index contributed by atoms with van der Waals surface area (Å²) in [5.74, 6) is 0.779. The molecule has 1 aromatic heterocycles. The van der Waals surface area contributed by atoms with Crippen molar-refractivity contribution in [1.29, 1.82) is 0 Å². The van der Waals surface area contributed by atoms with E-state index in [1.54, 1.807) is 0 Å². The smallest absolute Gasteiger partial charge is 0.0771 e. The molecule has 0 unspecified atom stereocenters. The lowest BCUT2D eigenvalue weighted by Crippen LogP contribution is -2.44. The van der Waals surface area contributed by atoms with Crippen LogP contribution in [0.3, 0.4) is 0 Å². The molecule has 0 spiro atoms. The first kappa shape index (κ1) is 9.40. The minimum absolute atomic E-state index is 0.622. The Morgan fingerprint density at radius 3 is 2.67 bits per heavy atom. The number of nitrogens with one attached hydrogen (secondary N) is 1. The van der Waals surface area contributed by atoms with E-state index in [0.29, 0.717) is 6.04 Å². The highest BCUT2D eigenvalue weighted by molar-refractivity contribution is 5.11. The number of nitrogens with zero attached hydrogens (tertiary/aromatic N) is 2. The second-order valence-electron chi connectivity index (χ2n) is 4.85. The van der Waals surface area contributed by atoms with Gasteiger partial charge in [0.25, 0.3) is 0 Å². The molecule has 82 valence electrons. The number of hydrogen-bond acceptors (Lipinski definition) is 2. The van der Waals surface area contributed by atoms with Crippen LogP contribution in [-0.4, -0.2) is 22.9 Å². The summed E-state index contributed by atoms with van der Waals surface area (Å²) in [7, 11) is 0. The fraction of sp³-hybridized carbons (Fsp3) is 0.750. The SMILES string of the molecule is c1cc(C2CCCCC2)n(C2CNC2)n1. The van der Waals surface area contributed by atoms with E-state index in [1.807, 2.05) is 6.20 Å². The normalized spacial score (nSPS) is 24.0. The Balaban J connectivity index is 1.80. The fourth-order valence-electron chi connectivity index (χ4n) is 2.80. The maximum absolute atomic E-state index is 4.49. The Bertz CT molecular complexity index is 321. The zero-order chi connectivity index (χ0) is 10.1. The van der Waals surface area contributed by atoms with Gasteiger partial charge in [-0.1, -0.05) is 19.3 Å². The molecule has 1 saturated carbocycles. The van der Waals surface area contributed by atoms with Gasteiger partial charge < -0.3 is 5.32 Å². The Morgan fingerprint density at radius 1 is 1.20 bits per heavy atom. The third-order valence-electron chi connectivity index (χ3n) is 3.83. The van der Waals surface area contributed by atoms with Crippen LogP contribution >= 0.6 is 0 Å². The van der Waals surface area contributed by atoms with Crippen molar-refractivity contribution in [3.05, 3.63) is 18.0 Å². The lowest BCUT2D eigenvalue weighted by atomic mass is 9.86. The zero-order valence-electron chi connectivity index (χ0n) is 9.15. The van der Waals surface area contributed by atoms with Gasteiger partial charge in [-0.2, -0.15) is 5.10 Å². The van der Waals surface area contributed by atoms with Crippen molar-refractivity contribution in [3.63, 3.8) is 0 Å². The predicted molar refractivity (Wildman–Crippen MR) is 60.0 cm³/mol. The molecule has 2 aliphatic rings. The second-order valence-corrected chi connectivity index (χ2v) is 4.85. The van der Waals surface area contributed by atoms with Crippen molar-refractivity contribution in [2.75, 3.05) is 13.1 Å². The van der Waals surface area contributed by atoms with Gasteiger partial charge in [0.2, 0.25) is 0 Å². The molecule has 1 aliphatic carbocycles. The van der Waals surface area contributed by atoms with Gasteiger partial charge in [0.15, 0.2) is 0 Å². The van der Waals surface area contributed by atoms with Crippen LogP contribution in [0.25, 0.3) is 0 Å². The van der Waals surface area contributed by atoms with E-state index >= 15 is 0 Å². The third kappa shape index (κ3) is 1.69. The average Bonchev–Trinajstić information content (AvgIpc) is 2.65. The van der Waals surface area contributed by atoms with Crippen LogP contribution in [0.1, 0.15) is 49.8 Å². The van der Waals surface area contributed by atoms with Crippen molar-refractivity contribution in [2.24, 2.45) is 0 Å². The Hall–Kier alpha value is -0.830. The first-order valence-corrected chi connectivity index (χ1v) is 6.19. The summed E-state index contributed by atoms with van der Waals surface area (Å²) in [6.45, 7) is 2.20. The van der Waals surface area contributed by atoms with E-state index in [1.165, 1.54) is 37.8 Å². The monoisotopic (exact) mass is 205 g/mol. The molecule has 0 aromatic carbocycles. The quantitative estimate of drug-likeness (QED) is 0.801. The first-order chi connectivity index (χ1) is 7.45. The Morgan fingerprint density at radius 2 is 2.00 bits per heavy atom. The molecular formula is C12H19N3. The van der Waals surface area contributed by atoms with E-state index in [-0.39, 0.29) is 0 Å². The van der Waals surface area contributed by atoms with Gasteiger partial charge in [-0.15, -0.1) is 0 Å². The highest BCUT2D eigenvalue weighted by Gasteiger charge is 2.25. The number of aromatic nitrogens is 2. The molecule has 3 rings (SSSR count). The van der Waals surface area contributed by atoms with Gasteiger partial charge in [0.1, 0.15) is 0 Å². The lowest BCUT2D eigenvalue weighted by molar-refractivity contribution is 0.297. The highest BCUT2D eigenvalue weighted by atomic mass is 15.3. The van der Waals surface area contributed by atoms with Crippen molar-refractivity contribution >= 4 is 0 Å². The fourth-order valence-corrected chi connectivity index (χ4v) is 2.80. The minimum Gasteiger partial charge on any atom is -0.312 e. The second kappa shape index (κ2) is 3.97. The molecule has 0 radical (unpaired) electrons. The van der Waals surface area contributed by atoms with Gasteiger partial charge in [-0.05, 0) is 18.9 Å². The van der Waals surface area contributed by atoms with E-state index in [9.17, 15) is 0 Å². The minimum atomic E-state index is 0.622. The summed E-state index contributed by atoms with van der Waals surface area (Å²) >= 11 is 0. The summed E-state index contributed by atoms with van der Waals surface area (Å²) in [5, 5.41) is 7.81. The largest absolute Gasteiger partial charge is 0.312 e. The van der Waals surface area contributed by atoms with Crippen LogP contribution < -0.4 is 5.32 Å². The Kier molecular flexibility index (Phi) is 2.49. The van der Waals surface area contributed by atoms with Gasteiger partial charge >= 0.3 is 0 Å². The van der Waals surface area contributed by atoms with Gasteiger partial charge in [0, 0.05) is 30.9 Å². The van der Waals surface area contributed by atoms with Crippen LogP contribution in [0.15, 0.2) is 12.3 Å². The van der Waals surface area contributed by atoms with Crippen molar-refractivity contribution < 1.29 is 0 Å². The first-order valence-electron chi connectivity index (χ1n) is 6.19. The molecule has 0 atom stereocenters. The Labute approximate surface area is 90.9 Å². The van der Waals surface area contributed by atoms with Crippen LogP contribution in [0, 0.1) is 0 Å². The van der Waals surface area contributed by atoms with Gasteiger partial charge in [-0.3, -0.25) is 4.68 Å². The van der Waals surface area contributed by atoms with E-state index < -0.39 is 0 Å². The van der Waals surface area contributed by atoms with Crippen molar-refractivity contribution in [1.82, 2.24) is 15.1 Å². The maximum Gasteiger partial charge on any atom is 0.0771 e. The molecule has 1 aliphatic heterocycles. The predicted octanol–water partition coefficient (Wildman–Crippen LogP) is 2.08. The zero-order valence-corrected chi connectivity index (χ0v) is 9.15. The molecule has 1 N–H and O–H groups in total. The molecule has 3 nitrogen and oxygen atoms in total. The van der Waals surface area contributed by atoms with Gasteiger partial charge in [0.05, 0.1) is 6.04 Å². The summed E-state index contributed by atoms with van der Waals surface area (Å²) < 4.78 is 2.27. The summed E-state index contributed by atoms with van der Waals surface area (Å²) in [4.78, 5) is 0. The van der Waals surface area contributed by atoms with E-state index in [0.717, 1.165) is 19.0 Å². The van der Waals surface area contributed by atoms with Crippen molar-refractivity contribution in [2.45, 2.75) is 44.1 Å². The topological polar surface area (TPSA) is 29.9 Å². The van der Waals surface area contributed by atoms with Gasteiger partial charge in [-0.25, -0.2) is 0 Å². The number of hydrogen-bond donors (Lipinski definition) is 1. The molecular weight excluding hydrogens is 186 g/mol. The number of rotatable bonds is 2. The average molecular weight is 205 g/mol. The molecule has 0 amide bonds. The standard InChI is InChI=1S/C12H19N3/c1-2-4-10(5-3-1)12-6-7-14-15(12)11-8-13-9-11/h6-7,10-11,13H,1-5,8-9H2.